The van der Waals surface area contributed by atoms with E-state index < -0.39 is 0 Å². The van der Waals surface area contributed by atoms with E-state index in [2.05, 4.69) is 29.2 Å². The normalized spacial score (nSPS) is 13.5. The van der Waals surface area contributed by atoms with Crippen molar-refractivity contribution in [2.75, 3.05) is 24.5 Å². The Morgan fingerprint density at radius 3 is 2.27 bits per heavy atom. The Morgan fingerprint density at radius 2 is 1.50 bits per heavy atom. The molecule has 1 heterocycles. The lowest BCUT2D eigenvalue weighted by atomic mass is 10.00. The first-order chi connectivity index (χ1) is 12.8. The molecule has 3 nitrogen and oxygen atoms in total. The predicted octanol–water partition coefficient (Wildman–Crippen LogP) is 4.23. The zero-order valence-electron chi connectivity index (χ0n) is 14.5. The number of carbonyl (C=O) groups excluding carboxylic acids is 1. The topological polar surface area (TPSA) is 32.7 Å². The van der Waals surface area contributed by atoms with Gasteiger partial charge in [-0.2, -0.15) is 0 Å². The minimum atomic E-state index is 0.128. The molecule has 0 atom stereocenters. The van der Waals surface area contributed by atoms with Crippen molar-refractivity contribution < 1.29 is 4.79 Å². The fourth-order valence-corrected chi connectivity index (χ4v) is 3.33. The Labute approximate surface area is 153 Å². The standard InChI is InChI=1S/C23H20N2O/c26-22(18-9-3-1-4-10-18)17-25-16-15-24-23(19-11-5-2-6-12-19)20-13-7-8-14-21(20)25/h1-14H,15-17H2. The highest BCUT2D eigenvalue weighted by Gasteiger charge is 2.21. The van der Waals surface area contributed by atoms with Crippen LogP contribution in [0.1, 0.15) is 21.5 Å². The maximum Gasteiger partial charge on any atom is 0.182 e. The third-order valence-electron chi connectivity index (χ3n) is 4.62. The van der Waals surface area contributed by atoms with Crippen LogP contribution in [0.3, 0.4) is 0 Å². The zero-order valence-corrected chi connectivity index (χ0v) is 14.5. The molecule has 4 rings (SSSR count). The van der Waals surface area contributed by atoms with Gasteiger partial charge in [0, 0.05) is 28.9 Å². The van der Waals surface area contributed by atoms with Gasteiger partial charge >= 0.3 is 0 Å². The summed E-state index contributed by atoms with van der Waals surface area (Å²) in [5.74, 6) is 0.128. The van der Waals surface area contributed by atoms with Crippen LogP contribution in [0.5, 0.6) is 0 Å². The molecule has 1 aliphatic rings. The van der Waals surface area contributed by atoms with Crippen molar-refractivity contribution in [2.45, 2.75) is 0 Å². The van der Waals surface area contributed by atoms with E-state index >= 15 is 0 Å². The van der Waals surface area contributed by atoms with Gasteiger partial charge in [-0.25, -0.2) is 0 Å². The molecule has 3 aromatic rings. The summed E-state index contributed by atoms with van der Waals surface area (Å²) in [4.78, 5) is 19.7. The maximum absolute atomic E-state index is 12.7. The first-order valence-corrected chi connectivity index (χ1v) is 8.85. The number of para-hydroxylation sites is 1. The number of nitrogens with zero attached hydrogens (tertiary/aromatic N) is 2. The fraction of sp³-hybridized carbons (Fsp3) is 0.130. The SMILES string of the molecule is O=C(CN1CCN=C(c2ccccc2)c2ccccc21)c1ccccc1. The molecule has 0 aliphatic carbocycles. The Balaban J connectivity index is 1.67. The number of rotatable bonds is 4. The summed E-state index contributed by atoms with van der Waals surface area (Å²) in [6, 6.07) is 27.9. The number of ketones is 1. The van der Waals surface area contributed by atoms with Gasteiger partial charge in [0.2, 0.25) is 0 Å². The van der Waals surface area contributed by atoms with Crippen LogP contribution in [0.2, 0.25) is 0 Å². The molecule has 1 aliphatic heterocycles. The number of carbonyl (C=O) groups is 1. The number of aliphatic imine (C=N–C) groups is 1. The molecule has 0 saturated heterocycles. The minimum absolute atomic E-state index is 0.128. The van der Waals surface area contributed by atoms with Gasteiger partial charge in [0.25, 0.3) is 0 Å². The first-order valence-electron chi connectivity index (χ1n) is 8.85. The van der Waals surface area contributed by atoms with E-state index in [4.69, 9.17) is 4.99 Å². The number of Topliss-reactive ketones (excluding diaryl/α,β-unsaturated/α-hetero) is 1. The van der Waals surface area contributed by atoms with Gasteiger partial charge in [0.1, 0.15) is 0 Å². The first kappa shape index (κ1) is 16.3. The van der Waals surface area contributed by atoms with Gasteiger partial charge in [-0.3, -0.25) is 9.79 Å². The van der Waals surface area contributed by atoms with Gasteiger partial charge < -0.3 is 4.90 Å². The average molecular weight is 340 g/mol. The molecule has 3 aromatic carbocycles. The molecule has 0 bridgehead atoms. The lowest BCUT2D eigenvalue weighted by molar-refractivity contribution is 0.0999. The number of benzodiazepines with no additional fused rings is 1. The number of hydrogen-bond donors (Lipinski definition) is 0. The van der Waals surface area contributed by atoms with E-state index in [1.165, 1.54) is 0 Å². The highest BCUT2D eigenvalue weighted by molar-refractivity contribution is 6.16. The molecule has 0 amide bonds. The van der Waals surface area contributed by atoms with Crippen molar-refractivity contribution in [2.24, 2.45) is 4.99 Å². The fourth-order valence-electron chi connectivity index (χ4n) is 3.33. The molecule has 0 aromatic heterocycles. The van der Waals surface area contributed by atoms with Crippen molar-refractivity contribution in [1.82, 2.24) is 0 Å². The van der Waals surface area contributed by atoms with Crippen molar-refractivity contribution in [1.29, 1.82) is 0 Å². The zero-order chi connectivity index (χ0) is 17.8. The minimum Gasteiger partial charge on any atom is -0.361 e. The molecule has 0 fully saturated rings. The molecule has 0 saturated carbocycles. The summed E-state index contributed by atoms with van der Waals surface area (Å²) >= 11 is 0. The number of fused-ring (bicyclic) bond motifs is 1. The number of benzene rings is 3. The van der Waals surface area contributed by atoms with Gasteiger partial charge in [0.15, 0.2) is 5.78 Å². The maximum atomic E-state index is 12.7. The average Bonchev–Trinajstić information content (AvgIpc) is 2.89. The third-order valence-corrected chi connectivity index (χ3v) is 4.62. The molecule has 26 heavy (non-hydrogen) atoms. The Morgan fingerprint density at radius 1 is 0.846 bits per heavy atom. The number of anilines is 1. The van der Waals surface area contributed by atoms with E-state index in [1.54, 1.807) is 0 Å². The highest BCUT2D eigenvalue weighted by atomic mass is 16.1. The van der Waals surface area contributed by atoms with E-state index in [9.17, 15) is 4.79 Å². The van der Waals surface area contributed by atoms with E-state index in [0.717, 1.165) is 34.6 Å². The van der Waals surface area contributed by atoms with Crippen LogP contribution >= 0.6 is 0 Å². The Kier molecular flexibility index (Phi) is 4.61. The molecule has 0 radical (unpaired) electrons. The summed E-state index contributed by atoms with van der Waals surface area (Å²) < 4.78 is 0. The summed E-state index contributed by atoms with van der Waals surface area (Å²) in [6.07, 6.45) is 0. The molecular weight excluding hydrogens is 320 g/mol. The van der Waals surface area contributed by atoms with Crippen LogP contribution in [-0.2, 0) is 0 Å². The van der Waals surface area contributed by atoms with Crippen LogP contribution in [-0.4, -0.2) is 31.1 Å². The summed E-state index contributed by atoms with van der Waals surface area (Å²) in [5, 5.41) is 0. The predicted molar refractivity (Wildman–Crippen MR) is 106 cm³/mol. The van der Waals surface area contributed by atoms with Crippen molar-refractivity contribution in [3.8, 4) is 0 Å². The second kappa shape index (κ2) is 7.36. The second-order valence-corrected chi connectivity index (χ2v) is 6.32. The Bertz CT molecular complexity index is 933. The third kappa shape index (κ3) is 3.29. The van der Waals surface area contributed by atoms with Crippen LogP contribution in [0.4, 0.5) is 5.69 Å². The smallest absolute Gasteiger partial charge is 0.182 e. The van der Waals surface area contributed by atoms with Crippen LogP contribution in [0.15, 0.2) is 89.9 Å². The van der Waals surface area contributed by atoms with Gasteiger partial charge in [-0.15, -0.1) is 0 Å². The van der Waals surface area contributed by atoms with Crippen molar-refractivity contribution >= 4 is 17.2 Å². The van der Waals surface area contributed by atoms with Gasteiger partial charge in [-0.05, 0) is 6.07 Å². The molecule has 0 N–H and O–H groups in total. The molecular formula is C23H20N2O. The highest BCUT2D eigenvalue weighted by Crippen LogP contribution is 2.26. The lowest BCUT2D eigenvalue weighted by Crippen LogP contribution is -2.32. The van der Waals surface area contributed by atoms with Crippen molar-refractivity contribution in [3.63, 3.8) is 0 Å². The van der Waals surface area contributed by atoms with Crippen LogP contribution in [0, 0.1) is 0 Å². The second-order valence-electron chi connectivity index (χ2n) is 6.32. The quantitative estimate of drug-likeness (QED) is 0.666. The summed E-state index contributed by atoms with van der Waals surface area (Å²) in [7, 11) is 0. The number of hydrogen-bond acceptors (Lipinski definition) is 3. The summed E-state index contributed by atoms with van der Waals surface area (Å²) in [5.41, 5.74) is 5.00. The summed E-state index contributed by atoms with van der Waals surface area (Å²) in [6.45, 7) is 1.76. The van der Waals surface area contributed by atoms with Crippen molar-refractivity contribution in [3.05, 3.63) is 102 Å². The molecule has 128 valence electrons. The lowest BCUT2D eigenvalue weighted by Gasteiger charge is -2.24. The Hall–Kier alpha value is -3.20. The molecule has 0 unspecified atom stereocenters. The van der Waals surface area contributed by atoms with E-state index in [1.807, 2.05) is 60.7 Å². The molecule has 3 heteroatoms. The monoisotopic (exact) mass is 340 g/mol. The van der Waals surface area contributed by atoms with Crippen LogP contribution in [0.25, 0.3) is 0 Å². The largest absolute Gasteiger partial charge is 0.361 e. The molecule has 0 spiro atoms. The van der Waals surface area contributed by atoms with Crippen LogP contribution < -0.4 is 4.90 Å². The van der Waals surface area contributed by atoms with E-state index in [0.29, 0.717) is 13.1 Å². The van der Waals surface area contributed by atoms with Gasteiger partial charge in [0.05, 0.1) is 18.8 Å². The van der Waals surface area contributed by atoms with E-state index in [-0.39, 0.29) is 5.78 Å². The van der Waals surface area contributed by atoms with Gasteiger partial charge in [-0.1, -0.05) is 78.9 Å².